The van der Waals surface area contributed by atoms with E-state index in [2.05, 4.69) is 20.8 Å². The Bertz CT molecular complexity index is 311. The minimum Gasteiger partial charge on any atom is -0.207 e. The Morgan fingerprint density at radius 2 is 1.75 bits per heavy atom. The van der Waals surface area contributed by atoms with E-state index in [1.54, 1.807) is 0 Å². The average Bonchev–Trinajstić information content (AvgIpc) is 2.20. The normalized spacial score (nSPS) is 13.8. The van der Waals surface area contributed by atoms with Gasteiger partial charge in [-0.1, -0.05) is 32.9 Å². The minimum absolute atomic E-state index is 0.187. The molecule has 0 aromatic heterocycles. The topological polar surface area (TPSA) is 0 Å². The van der Waals surface area contributed by atoms with Crippen LogP contribution in [0.4, 0.5) is 4.39 Å². The lowest BCUT2D eigenvalue weighted by Gasteiger charge is -2.22. The molecule has 90 valence electrons. The second-order valence-electron chi connectivity index (χ2n) is 5.50. The van der Waals surface area contributed by atoms with E-state index in [9.17, 15) is 4.39 Å². The molecule has 0 amide bonds. The van der Waals surface area contributed by atoms with E-state index in [-0.39, 0.29) is 5.82 Å². The van der Waals surface area contributed by atoms with Crippen molar-refractivity contribution >= 4 is 11.6 Å². The Hall–Kier alpha value is -0.560. The summed E-state index contributed by atoms with van der Waals surface area (Å²) >= 11 is 5.98. The van der Waals surface area contributed by atoms with Gasteiger partial charge in [-0.05, 0) is 41.9 Å². The van der Waals surface area contributed by atoms with Crippen LogP contribution in [0.15, 0.2) is 24.3 Å². The zero-order valence-electron chi connectivity index (χ0n) is 10.3. The van der Waals surface area contributed by atoms with Crippen LogP contribution in [0.1, 0.15) is 45.1 Å². The molecule has 0 nitrogen and oxygen atoms in total. The van der Waals surface area contributed by atoms with Gasteiger partial charge in [-0.15, -0.1) is 11.6 Å². The number of hydrogen-bond acceptors (Lipinski definition) is 0. The van der Waals surface area contributed by atoms with E-state index in [1.807, 2.05) is 12.1 Å². The van der Waals surface area contributed by atoms with E-state index in [4.69, 9.17) is 11.6 Å². The molecule has 1 aromatic carbocycles. The highest BCUT2D eigenvalue weighted by Gasteiger charge is 2.16. The number of hydrogen-bond donors (Lipinski definition) is 0. The number of alkyl halides is 1. The Kier molecular flexibility index (Phi) is 4.79. The molecule has 0 aliphatic heterocycles. The maximum atomic E-state index is 12.8. The lowest BCUT2D eigenvalue weighted by Crippen LogP contribution is -2.09. The van der Waals surface area contributed by atoms with Crippen LogP contribution in [-0.4, -0.2) is 5.88 Å². The Morgan fingerprint density at radius 1 is 1.19 bits per heavy atom. The molecule has 0 N–H and O–H groups in total. The average molecular weight is 243 g/mol. The molecule has 0 saturated heterocycles. The summed E-state index contributed by atoms with van der Waals surface area (Å²) < 4.78 is 12.8. The first-order valence-corrected chi connectivity index (χ1v) is 6.27. The van der Waals surface area contributed by atoms with Crippen LogP contribution in [0.5, 0.6) is 0 Å². The SMILES string of the molecule is CC(C)(C)CCC(CCl)c1ccc(F)cc1. The van der Waals surface area contributed by atoms with Gasteiger partial charge in [-0.3, -0.25) is 0 Å². The fourth-order valence-electron chi connectivity index (χ4n) is 1.68. The van der Waals surface area contributed by atoms with Crippen molar-refractivity contribution in [1.29, 1.82) is 0 Å². The van der Waals surface area contributed by atoms with Crippen molar-refractivity contribution in [3.05, 3.63) is 35.6 Å². The van der Waals surface area contributed by atoms with Crippen LogP contribution >= 0.6 is 11.6 Å². The van der Waals surface area contributed by atoms with E-state index in [1.165, 1.54) is 12.1 Å². The molecule has 1 rings (SSSR count). The molecular weight excluding hydrogens is 223 g/mol. The van der Waals surface area contributed by atoms with Gasteiger partial charge in [-0.2, -0.15) is 0 Å². The molecule has 1 atom stereocenters. The largest absolute Gasteiger partial charge is 0.207 e. The van der Waals surface area contributed by atoms with Crippen molar-refractivity contribution in [3.8, 4) is 0 Å². The van der Waals surface area contributed by atoms with E-state index in [0.29, 0.717) is 17.2 Å². The van der Waals surface area contributed by atoms with Gasteiger partial charge in [0, 0.05) is 5.88 Å². The number of halogens is 2. The van der Waals surface area contributed by atoms with Gasteiger partial charge in [0.1, 0.15) is 5.82 Å². The summed E-state index contributed by atoms with van der Waals surface area (Å²) in [6.07, 6.45) is 2.18. The zero-order valence-corrected chi connectivity index (χ0v) is 11.0. The van der Waals surface area contributed by atoms with Crippen molar-refractivity contribution in [2.75, 3.05) is 5.88 Å². The van der Waals surface area contributed by atoms with Crippen molar-refractivity contribution < 1.29 is 4.39 Å². The van der Waals surface area contributed by atoms with Gasteiger partial charge in [0.15, 0.2) is 0 Å². The third-order valence-corrected chi connectivity index (χ3v) is 3.14. The third kappa shape index (κ3) is 4.52. The molecule has 1 unspecified atom stereocenters. The van der Waals surface area contributed by atoms with E-state index < -0.39 is 0 Å². The van der Waals surface area contributed by atoms with Gasteiger partial charge in [0.25, 0.3) is 0 Å². The molecule has 0 fully saturated rings. The fourth-order valence-corrected chi connectivity index (χ4v) is 2.01. The molecule has 1 aromatic rings. The number of benzene rings is 1. The van der Waals surface area contributed by atoms with Crippen molar-refractivity contribution in [1.82, 2.24) is 0 Å². The van der Waals surface area contributed by atoms with Gasteiger partial charge in [0.2, 0.25) is 0 Å². The quantitative estimate of drug-likeness (QED) is 0.654. The van der Waals surface area contributed by atoms with E-state index >= 15 is 0 Å². The molecule has 2 heteroatoms. The lowest BCUT2D eigenvalue weighted by molar-refractivity contribution is 0.353. The summed E-state index contributed by atoms with van der Waals surface area (Å²) in [7, 11) is 0. The lowest BCUT2D eigenvalue weighted by atomic mass is 9.85. The summed E-state index contributed by atoms with van der Waals surface area (Å²) in [5, 5.41) is 0. The summed E-state index contributed by atoms with van der Waals surface area (Å²) in [5.41, 5.74) is 1.46. The molecule has 0 spiro atoms. The van der Waals surface area contributed by atoms with Crippen LogP contribution in [0, 0.1) is 11.2 Å². The summed E-state index contributed by atoms with van der Waals surface area (Å²) in [4.78, 5) is 0. The van der Waals surface area contributed by atoms with Crippen LogP contribution in [-0.2, 0) is 0 Å². The minimum atomic E-state index is -0.187. The molecule has 0 heterocycles. The Balaban J connectivity index is 2.64. The summed E-state index contributed by atoms with van der Waals surface area (Å²) in [6.45, 7) is 6.68. The van der Waals surface area contributed by atoms with Crippen molar-refractivity contribution in [2.45, 2.75) is 39.5 Å². The molecule has 0 aliphatic rings. The van der Waals surface area contributed by atoms with Crippen LogP contribution in [0.3, 0.4) is 0 Å². The molecular formula is C14H20ClF. The Morgan fingerprint density at radius 3 is 2.19 bits per heavy atom. The molecule has 0 saturated carbocycles. The second kappa shape index (κ2) is 5.67. The first-order chi connectivity index (χ1) is 7.42. The van der Waals surface area contributed by atoms with Gasteiger partial charge in [-0.25, -0.2) is 4.39 Å². The van der Waals surface area contributed by atoms with Gasteiger partial charge >= 0.3 is 0 Å². The highest BCUT2D eigenvalue weighted by atomic mass is 35.5. The number of rotatable bonds is 4. The van der Waals surface area contributed by atoms with Gasteiger partial charge in [0.05, 0.1) is 0 Å². The first kappa shape index (κ1) is 13.5. The predicted octanol–water partition coefficient (Wildman–Crippen LogP) is 4.97. The van der Waals surface area contributed by atoms with Crippen molar-refractivity contribution in [3.63, 3.8) is 0 Å². The van der Waals surface area contributed by atoms with E-state index in [0.717, 1.165) is 18.4 Å². The Labute approximate surface area is 103 Å². The fraction of sp³-hybridized carbons (Fsp3) is 0.571. The highest BCUT2D eigenvalue weighted by molar-refractivity contribution is 6.18. The van der Waals surface area contributed by atoms with Crippen LogP contribution in [0.25, 0.3) is 0 Å². The maximum Gasteiger partial charge on any atom is 0.123 e. The van der Waals surface area contributed by atoms with Gasteiger partial charge < -0.3 is 0 Å². The molecule has 0 aliphatic carbocycles. The standard InChI is InChI=1S/C14H20ClF/c1-14(2,3)9-8-12(10-15)11-4-6-13(16)7-5-11/h4-7,12H,8-10H2,1-3H3. The summed E-state index contributed by atoms with van der Waals surface area (Å²) in [5.74, 6) is 0.747. The summed E-state index contributed by atoms with van der Waals surface area (Å²) in [6, 6.07) is 6.69. The molecule has 0 bridgehead atoms. The second-order valence-corrected chi connectivity index (χ2v) is 5.81. The molecule has 0 radical (unpaired) electrons. The molecule has 16 heavy (non-hydrogen) atoms. The van der Waals surface area contributed by atoms with Crippen LogP contribution < -0.4 is 0 Å². The van der Waals surface area contributed by atoms with Crippen molar-refractivity contribution in [2.24, 2.45) is 5.41 Å². The predicted molar refractivity (Wildman–Crippen MR) is 68.6 cm³/mol. The van der Waals surface area contributed by atoms with Crippen LogP contribution in [0.2, 0.25) is 0 Å². The zero-order chi connectivity index (χ0) is 12.2. The maximum absolute atomic E-state index is 12.8. The first-order valence-electron chi connectivity index (χ1n) is 5.74. The monoisotopic (exact) mass is 242 g/mol. The third-order valence-electron chi connectivity index (χ3n) is 2.77. The highest BCUT2D eigenvalue weighted by Crippen LogP contribution is 2.29. The smallest absolute Gasteiger partial charge is 0.123 e.